The maximum absolute atomic E-state index is 12.7. The van der Waals surface area contributed by atoms with E-state index in [0.29, 0.717) is 25.1 Å². The first-order chi connectivity index (χ1) is 14.5. The largest absolute Gasteiger partial charge is 0.348 e. The SMILES string of the molecule is CCc1ccc(S(=O)(=O)N[C@H]2Cc3c(C(=O)NCc4ccccc4)cnn3C2)cc1. The fraction of sp³-hybridized carbons (Fsp3) is 0.273. The summed E-state index contributed by atoms with van der Waals surface area (Å²) < 4.78 is 29.9. The average Bonchev–Trinajstić information content (AvgIpc) is 3.32. The lowest BCUT2D eigenvalue weighted by Gasteiger charge is -2.13. The Morgan fingerprint density at radius 2 is 1.83 bits per heavy atom. The van der Waals surface area contributed by atoms with Gasteiger partial charge in [0.25, 0.3) is 5.91 Å². The van der Waals surface area contributed by atoms with E-state index >= 15 is 0 Å². The van der Waals surface area contributed by atoms with Crippen molar-refractivity contribution in [3.8, 4) is 0 Å². The number of carbonyl (C=O) groups is 1. The van der Waals surface area contributed by atoms with Crippen molar-refractivity contribution in [1.82, 2.24) is 19.8 Å². The van der Waals surface area contributed by atoms with Gasteiger partial charge in [0.2, 0.25) is 10.0 Å². The molecule has 0 aliphatic carbocycles. The van der Waals surface area contributed by atoms with E-state index in [9.17, 15) is 13.2 Å². The van der Waals surface area contributed by atoms with E-state index in [-0.39, 0.29) is 16.8 Å². The van der Waals surface area contributed by atoms with E-state index in [2.05, 4.69) is 15.1 Å². The summed E-state index contributed by atoms with van der Waals surface area (Å²) in [4.78, 5) is 12.9. The number of hydrogen-bond acceptors (Lipinski definition) is 4. The summed E-state index contributed by atoms with van der Waals surface area (Å²) in [6.45, 7) is 2.84. The van der Waals surface area contributed by atoms with Gasteiger partial charge < -0.3 is 5.32 Å². The highest BCUT2D eigenvalue weighted by atomic mass is 32.2. The van der Waals surface area contributed by atoms with Crippen molar-refractivity contribution in [3.63, 3.8) is 0 Å². The number of hydrogen-bond donors (Lipinski definition) is 2. The van der Waals surface area contributed by atoms with Gasteiger partial charge in [-0.1, -0.05) is 49.4 Å². The number of rotatable bonds is 7. The second-order valence-corrected chi connectivity index (χ2v) is 9.09. The summed E-state index contributed by atoms with van der Waals surface area (Å²) in [6.07, 6.45) is 2.82. The number of nitrogens with zero attached hydrogens (tertiary/aromatic N) is 2. The van der Waals surface area contributed by atoms with Crippen molar-refractivity contribution in [2.75, 3.05) is 0 Å². The molecular weight excluding hydrogens is 400 g/mol. The first kappa shape index (κ1) is 20.3. The van der Waals surface area contributed by atoms with Gasteiger partial charge >= 0.3 is 0 Å². The van der Waals surface area contributed by atoms with Gasteiger partial charge in [0.1, 0.15) is 0 Å². The van der Waals surface area contributed by atoms with Crippen molar-refractivity contribution < 1.29 is 13.2 Å². The van der Waals surface area contributed by atoms with E-state index in [0.717, 1.165) is 23.2 Å². The zero-order valence-corrected chi connectivity index (χ0v) is 17.5. The van der Waals surface area contributed by atoms with Gasteiger partial charge in [-0.25, -0.2) is 13.1 Å². The summed E-state index contributed by atoms with van der Waals surface area (Å²) in [5, 5.41) is 7.17. The second kappa shape index (κ2) is 8.41. The topological polar surface area (TPSA) is 93.1 Å². The minimum Gasteiger partial charge on any atom is -0.348 e. The van der Waals surface area contributed by atoms with Crippen LogP contribution in [-0.2, 0) is 36.0 Å². The van der Waals surface area contributed by atoms with Crippen molar-refractivity contribution in [2.45, 2.75) is 43.8 Å². The Morgan fingerprint density at radius 3 is 2.53 bits per heavy atom. The molecule has 4 rings (SSSR count). The summed E-state index contributed by atoms with van der Waals surface area (Å²) in [7, 11) is -3.64. The van der Waals surface area contributed by atoms with E-state index in [1.54, 1.807) is 23.0 Å². The van der Waals surface area contributed by atoms with Crippen LogP contribution in [0.2, 0.25) is 0 Å². The number of aryl methyl sites for hydroxylation is 1. The van der Waals surface area contributed by atoms with Crippen LogP contribution in [0.4, 0.5) is 0 Å². The van der Waals surface area contributed by atoms with Crippen LogP contribution in [0.25, 0.3) is 0 Å². The van der Waals surface area contributed by atoms with Crippen LogP contribution in [0.5, 0.6) is 0 Å². The molecule has 0 spiro atoms. The van der Waals surface area contributed by atoms with Gasteiger partial charge in [0, 0.05) is 19.0 Å². The van der Waals surface area contributed by atoms with Crippen LogP contribution >= 0.6 is 0 Å². The third-order valence-corrected chi connectivity index (χ3v) is 6.82. The molecule has 0 saturated carbocycles. The number of amides is 1. The highest BCUT2D eigenvalue weighted by Gasteiger charge is 2.30. The summed E-state index contributed by atoms with van der Waals surface area (Å²) >= 11 is 0. The number of sulfonamides is 1. The average molecular weight is 425 g/mol. The van der Waals surface area contributed by atoms with Gasteiger partial charge in [0.05, 0.1) is 28.9 Å². The van der Waals surface area contributed by atoms with Gasteiger partial charge in [0.15, 0.2) is 0 Å². The van der Waals surface area contributed by atoms with E-state index in [1.165, 1.54) is 0 Å². The molecule has 2 aromatic carbocycles. The molecule has 3 aromatic rings. The third kappa shape index (κ3) is 4.29. The summed E-state index contributed by atoms with van der Waals surface area (Å²) in [5.74, 6) is -0.209. The minimum absolute atomic E-state index is 0.209. The normalized spacial score (nSPS) is 15.7. The Hall–Kier alpha value is -2.97. The number of fused-ring (bicyclic) bond motifs is 1. The summed E-state index contributed by atoms with van der Waals surface area (Å²) in [5.41, 5.74) is 3.32. The van der Waals surface area contributed by atoms with E-state index in [4.69, 9.17) is 0 Å². The Balaban J connectivity index is 1.41. The number of benzene rings is 2. The zero-order valence-electron chi connectivity index (χ0n) is 16.7. The molecule has 7 nitrogen and oxygen atoms in total. The predicted octanol–water partition coefficient (Wildman–Crippen LogP) is 2.28. The molecule has 1 atom stereocenters. The molecule has 2 N–H and O–H groups in total. The van der Waals surface area contributed by atoms with Crippen LogP contribution in [0.15, 0.2) is 65.7 Å². The molecule has 8 heteroatoms. The molecule has 0 fully saturated rings. The lowest BCUT2D eigenvalue weighted by atomic mass is 10.1. The predicted molar refractivity (Wildman–Crippen MR) is 113 cm³/mol. The van der Waals surface area contributed by atoms with Gasteiger partial charge in [-0.3, -0.25) is 9.48 Å². The maximum atomic E-state index is 12.7. The highest BCUT2D eigenvalue weighted by Crippen LogP contribution is 2.21. The van der Waals surface area contributed by atoms with Crippen LogP contribution in [0.1, 0.15) is 34.1 Å². The van der Waals surface area contributed by atoms with Crippen LogP contribution in [0.3, 0.4) is 0 Å². The Bertz CT molecular complexity index is 1140. The van der Waals surface area contributed by atoms with Gasteiger partial charge in [-0.05, 0) is 29.7 Å². The lowest BCUT2D eigenvalue weighted by molar-refractivity contribution is 0.0950. The fourth-order valence-electron chi connectivity index (χ4n) is 3.62. The molecule has 0 saturated heterocycles. The molecule has 2 heterocycles. The highest BCUT2D eigenvalue weighted by molar-refractivity contribution is 7.89. The van der Waals surface area contributed by atoms with Gasteiger partial charge in [-0.15, -0.1) is 0 Å². The quantitative estimate of drug-likeness (QED) is 0.609. The lowest BCUT2D eigenvalue weighted by Crippen LogP contribution is -2.36. The van der Waals surface area contributed by atoms with Crippen LogP contribution in [-0.4, -0.2) is 30.1 Å². The van der Waals surface area contributed by atoms with Crippen molar-refractivity contribution in [1.29, 1.82) is 0 Å². The second-order valence-electron chi connectivity index (χ2n) is 7.38. The molecule has 1 amide bonds. The first-order valence-electron chi connectivity index (χ1n) is 9.94. The molecule has 0 bridgehead atoms. The van der Waals surface area contributed by atoms with Crippen LogP contribution in [0, 0.1) is 0 Å². The Labute approximate surface area is 176 Å². The standard InChI is InChI=1S/C22H24N4O3S/c1-2-16-8-10-19(11-9-16)30(28,29)25-18-12-21-20(14-24-26(21)15-18)22(27)23-13-17-6-4-3-5-7-17/h3-11,14,18,25H,2,12-13,15H2,1H3,(H,23,27)/t18-/m0/s1. The summed E-state index contributed by atoms with van der Waals surface area (Å²) in [6, 6.07) is 16.2. The van der Waals surface area contributed by atoms with E-state index in [1.807, 2.05) is 49.4 Å². The number of aromatic nitrogens is 2. The van der Waals surface area contributed by atoms with Crippen molar-refractivity contribution >= 4 is 15.9 Å². The number of nitrogens with one attached hydrogen (secondary N) is 2. The van der Waals surface area contributed by atoms with Crippen LogP contribution < -0.4 is 10.0 Å². The molecule has 156 valence electrons. The monoisotopic (exact) mass is 424 g/mol. The molecule has 0 radical (unpaired) electrons. The van der Waals surface area contributed by atoms with Crippen molar-refractivity contribution in [2.24, 2.45) is 0 Å². The van der Waals surface area contributed by atoms with E-state index < -0.39 is 10.0 Å². The smallest absolute Gasteiger partial charge is 0.255 e. The zero-order chi connectivity index (χ0) is 21.1. The molecule has 1 aromatic heterocycles. The third-order valence-electron chi connectivity index (χ3n) is 5.29. The molecular formula is C22H24N4O3S. The number of carbonyl (C=O) groups excluding carboxylic acids is 1. The molecule has 0 unspecified atom stereocenters. The molecule has 1 aliphatic rings. The first-order valence-corrected chi connectivity index (χ1v) is 11.4. The van der Waals surface area contributed by atoms with Gasteiger partial charge in [-0.2, -0.15) is 5.10 Å². The maximum Gasteiger partial charge on any atom is 0.255 e. The Morgan fingerprint density at radius 1 is 1.10 bits per heavy atom. The fourth-order valence-corrected chi connectivity index (χ4v) is 4.85. The Kier molecular flexibility index (Phi) is 5.69. The van der Waals surface area contributed by atoms with Crippen molar-refractivity contribution in [3.05, 3.63) is 83.2 Å². The molecule has 30 heavy (non-hydrogen) atoms. The minimum atomic E-state index is -3.64. The molecule has 1 aliphatic heterocycles.